The van der Waals surface area contributed by atoms with Crippen LogP contribution in [0, 0.1) is 12.8 Å². The molecule has 1 N–H and O–H groups in total. The van der Waals surface area contributed by atoms with E-state index in [-0.39, 0.29) is 5.92 Å². The van der Waals surface area contributed by atoms with Crippen LogP contribution in [0.2, 0.25) is 0 Å². The fourth-order valence-corrected chi connectivity index (χ4v) is 3.80. The minimum Gasteiger partial charge on any atom is -0.379 e. The summed E-state index contributed by atoms with van der Waals surface area (Å²) in [5.41, 5.74) is 4.58. The first-order valence-corrected chi connectivity index (χ1v) is 8.18. The first-order valence-electron chi connectivity index (χ1n) is 8.18. The van der Waals surface area contributed by atoms with Crippen LogP contribution in [0.15, 0.2) is 0 Å². The van der Waals surface area contributed by atoms with Gasteiger partial charge in [0.1, 0.15) is 0 Å². The van der Waals surface area contributed by atoms with E-state index in [0.29, 0.717) is 11.8 Å². The zero-order chi connectivity index (χ0) is 15.0. The molecular weight excluding hydrogens is 264 g/mol. The molecule has 1 fully saturated rings. The number of hydrogen-bond donors (Lipinski definition) is 1. The second-order valence-corrected chi connectivity index (χ2v) is 6.45. The lowest BCUT2D eigenvalue weighted by molar-refractivity contribution is -0.00694. The third-order valence-electron chi connectivity index (χ3n) is 5.07. The minimum atomic E-state index is 0.151. The number of aryl methyl sites for hydroxylation is 2. The number of ketones is 1. The highest BCUT2D eigenvalue weighted by atomic mass is 16.5. The number of ether oxygens (including phenoxy) is 1. The van der Waals surface area contributed by atoms with Crippen LogP contribution in [0.25, 0.3) is 0 Å². The molecule has 0 amide bonds. The van der Waals surface area contributed by atoms with Crippen molar-refractivity contribution >= 4 is 5.78 Å². The first-order chi connectivity index (χ1) is 10.1. The monoisotopic (exact) mass is 290 g/mol. The van der Waals surface area contributed by atoms with Crippen LogP contribution in [0.1, 0.15) is 47.6 Å². The SMILES string of the molecule is CCc1c(C)[nH]c2c1C(=O)C(CN1CCOCC1C)CC2. The van der Waals surface area contributed by atoms with Gasteiger partial charge in [0.15, 0.2) is 5.78 Å². The molecule has 1 aromatic rings. The van der Waals surface area contributed by atoms with Gasteiger partial charge in [-0.05, 0) is 38.7 Å². The van der Waals surface area contributed by atoms with E-state index in [4.69, 9.17) is 4.74 Å². The molecule has 2 atom stereocenters. The molecule has 1 aliphatic heterocycles. The molecule has 0 bridgehead atoms. The third-order valence-corrected chi connectivity index (χ3v) is 5.07. The molecule has 2 unspecified atom stereocenters. The highest BCUT2D eigenvalue weighted by Gasteiger charge is 2.33. The summed E-state index contributed by atoms with van der Waals surface area (Å²) in [4.78, 5) is 18.8. The number of nitrogens with one attached hydrogen (secondary N) is 1. The van der Waals surface area contributed by atoms with Crippen molar-refractivity contribution in [1.29, 1.82) is 0 Å². The van der Waals surface area contributed by atoms with Gasteiger partial charge in [-0.25, -0.2) is 0 Å². The van der Waals surface area contributed by atoms with Crippen LogP contribution in [-0.2, 0) is 17.6 Å². The minimum absolute atomic E-state index is 0.151. The molecule has 4 nitrogen and oxygen atoms in total. The fraction of sp³-hybridized carbons (Fsp3) is 0.706. The highest BCUT2D eigenvalue weighted by molar-refractivity contribution is 6.01. The van der Waals surface area contributed by atoms with Crippen molar-refractivity contribution in [3.63, 3.8) is 0 Å². The van der Waals surface area contributed by atoms with Crippen molar-refractivity contribution in [2.24, 2.45) is 5.92 Å². The summed E-state index contributed by atoms with van der Waals surface area (Å²) < 4.78 is 5.49. The number of H-pyrrole nitrogens is 1. The predicted molar refractivity (Wildman–Crippen MR) is 82.9 cm³/mol. The number of morpholine rings is 1. The van der Waals surface area contributed by atoms with Crippen molar-refractivity contribution in [2.45, 2.75) is 46.1 Å². The average Bonchev–Trinajstić information content (AvgIpc) is 2.80. The Hall–Kier alpha value is -1.13. The second-order valence-electron chi connectivity index (χ2n) is 6.45. The molecule has 3 rings (SSSR count). The molecule has 1 aromatic heterocycles. The average molecular weight is 290 g/mol. The van der Waals surface area contributed by atoms with Gasteiger partial charge in [-0.1, -0.05) is 6.92 Å². The summed E-state index contributed by atoms with van der Waals surface area (Å²) in [5.74, 6) is 0.509. The van der Waals surface area contributed by atoms with Gasteiger partial charge in [0, 0.05) is 42.0 Å². The van der Waals surface area contributed by atoms with Gasteiger partial charge >= 0.3 is 0 Å². The summed E-state index contributed by atoms with van der Waals surface area (Å²) in [6.45, 7) is 9.83. The van der Waals surface area contributed by atoms with Crippen molar-refractivity contribution in [2.75, 3.05) is 26.3 Å². The van der Waals surface area contributed by atoms with Gasteiger partial charge in [-0.15, -0.1) is 0 Å². The Morgan fingerprint density at radius 3 is 2.95 bits per heavy atom. The van der Waals surface area contributed by atoms with Gasteiger partial charge in [0.25, 0.3) is 0 Å². The lowest BCUT2D eigenvalue weighted by Crippen LogP contribution is -2.47. The van der Waals surface area contributed by atoms with Crippen LogP contribution in [0.5, 0.6) is 0 Å². The quantitative estimate of drug-likeness (QED) is 0.929. The van der Waals surface area contributed by atoms with E-state index in [1.54, 1.807) is 0 Å². The van der Waals surface area contributed by atoms with E-state index in [9.17, 15) is 4.79 Å². The number of Topliss-reactive ketones (excluding diaryl/α,β-unsaturated/α-hetero) is 1. The van der Waals surface area contributed by atoms with E-state index in [0.717, 1.165) is 51.1 Å². The summed E-state index contributed by atoms with van der Waals surface area (Å²) in [7, 11) is 0. The van der Waals surface area contributed by atoms with Crippen molar-refractivity contribution in [3.05, 3.63) is 22.5 Å². The Labute approximate surface area is 126 Å². The molecule has 0 saturated carbocycles. The Bertz CT molecular complexity index is 535. The van der Waals surface area contributed by atoms with Crippen molar-refractivity contribution in [3.8, 4) is 0 Å². The van der Waals surface area contributed by atoms with Crippen molar-refractivity contribution < 1.29 is 9.53 Å². The molecule has 1 aliphatic carbocycles. The number of hydrogen-bond acceptors (Lipinski definition) is 3. The standard InChI is InChI=1S/C17H26N2O2/c1-4-14-12(3)18-15-6-5-13(17(20)16(14)15)9-19-7-8-21-10-11(19)2/h11,13,18H,4-10H2,1-3H3. The van der Waals surface area contributed by atoms with Crippen LogP contribution in [0.3, 0.4) is 0 Å². The number of aromatic amines is 1. The summed E-state index contributed by atoms with van der Waals surface area (Å²) in [5, 5.41) is 0. The Morgan fingerprint density at radius 2 is 2.24 bits per heavy atom. The van der Waals surface area contributed by atoms with Gasteiger partial charge < -0.3 is 9.72 Å². The number of aromatic nitrogens is 1. The Morgan fingerprint density at radius 1 is 1.43 bits per heavy atom. The van der Waals surface area contributed by atoms with E-state index in [2.05, 4.69) is 30.7 Å². The normalized spacial score (nSPS) is 26.9. The maximum absolute atomic E-state index is 12.9. The molecule has 21 heavy (non-hydrogen) atoms. The second kappa shape index (κ2) is 5.93. The zero-order valence-electron chi connectivity index (χ0n) is 13.4. The summed E-state index contributed by atoms with van der Waals surface area (Å²) >= 11 is 0. The lowest BCUT2D eigenvalue weighted by Gasteiger charge is -2.36. The molecule has 2 aliphatic rings. The van der Waals surface area contributed by atoms with E-state index < -0.39 is 0 Å². The van der Waals surface area contributed by atoms with E-state index >= 15 is 0 Å². The van der Waals surface area contributed by atoms with Crippen LogP contribution < -0.4 is 0 Å². The molecule has 0 aromatic carbocycles. The molecular formula is C17H26N2O2. The molecule has 1 saturated heterocycles. The number of rotatable bonds is 3. The Kier molecular flexibility index (Phi) is 4.18. The van der Waals surface area contributed by atoms with E-state index in [1.807, 2.05) is 0 Å². The summed E-state index contributed by atoms with van der Waals surface area (Å²) in [6, 6.07) is 0.423. The Balaban J connectivity index is 1.78. The molecule has 0 radical (unpaired) electrons. The van der Waals surface area contributed by atoms with Gasteiger partial charge in [0.2, 0.25) is 0 Å². The third kappa shape index (κ3) is 2.67. The van der Waals surface area contributed by atoms with Gasteiger partial charge in [0.05, 0.1) is 13.2 Å². The number of fused-ring (bicyclic) bond motifs is 1. The molecule has 0 spiro atoms. The molecule has 2 heterocycles. The first kappa shape index (κ1) is 14.8. The number of carbonyl (C=O) groups excluding carboxylic acids is 1. The number of nitrogens with zero attached hydrogens (tertiary/aromatic N) is 1. The highest BCUT2D eigenvalue weighted by Crippen LogP contribution is 2.31. The molecule has 4 heteroatoms. The van der Waals surface area contributed by atoms with Crippen LogP contribution in [-0.4, -0.2) is 48.0 Å². The van der Waals surface area contributed by atoms with Gasteiger partial charge in [-0.3, -0.25) is 9.69 Å². The van der Waals surface area contributed by atoms with Crippen LogP contribution in [0.4, 0.5) is 0 Å². The topological polar surface area (TPSA) is 45.3 Å². The summed E-state index contributed by atoms with van der Waals surface area (Å²) in [6.07, 6.45) is 2.91. The maximum Gasteiger partial charge on any atom is 0.169 e. The van der Waals surface area contributed by atoms with E-state index in [1.165, 1.54) is 17.0 Å². The lowest BCUT2D eigenvalue weighted by atomic mass is 9.83. The predicted octanol–water partition coefficient (Wildman–Crippen LogP) is 2.35. The number of carbonyl (C=O) groups is 1. The zero-order valence-corrected chi connectivity index (χ0v) is 13.4. The maximum atomic E-state index is 12.9. The molecule has 116 valence electrons. The van der Waals surface area contributed by atoms with Gasteiger partial charge in [-0.2, -0.15) is 0 Å². The van der Waals surface area contributed by atoms with Crippen LogP contribution >= 0.6 is 0 Å². The van der Waals surface area contributed by atoms with Crippen molar-refractivity contribution in [1.82, 2.24) is 9.88 Å². The fourth-order valence-electron chi connectivity index (χ4n) is 3.80. The smallest absolute Gasteiger partial charge is 0.169 e. The largest absolute Gasteiger partial charge is 0.379 e.